The molecule has 1 amide bonds. The van der Waals surface area contributed by atoms with Crippen molar-refractivity contribution in [3.8, 4) is 5.75 Å². The first-order valence-electron chi connectivity index (χ1n) is 6.31. The first-order chi connectivity index (χ1) is 9.93. The van der Waals surface area contributed by atoms with Crippen LogP contribution in [0.3, 0.4) is 0 Å². The van der Waals surface area contributed by atoms with Crippen molar-refractivity contribution < 1.29 is 9.53 Å². The summed E-state index contributed by atoms with van der Waals surface area (Å²) in [5.41, 5.74) is 5.90. The van der Waals surface area contributed by atoms with Gasteiger partial charge in [0.15, 0.2) is 11.2 Å². The second-order valence-corrected chi connectivity index (χ2v) is 5.13. The molecule has 5 nitrogen and oxygen atoms in total. The molecule has 0 saturated heterocycles. The molecule has 1 unspecified atom stereocenters. The summed E-state index contributed by atoms with van der Waals surface area (Å²) in [6.07, 6.45) is 0.977. The summed E-state index contributed by atoms with van der Waals surface area (Å²) in [4.78, 5) is 11.9. The second-order valence-electron chi connectivity index (χ2n) is 4.28. The number of hydrogen-bond donors (Lipinski definition) is 3. The van der Waals surface area contributed by atoms with Gasteiger partial charge in [-0.3, -0.25) is 15.6 Å². The molecule has 0 aliphatic rings. The van der Waals surface area contributed by atoms with Gasteiger partial charge in [-0.05, 0) is 49.8 Å². The standard InChI is InChI=1S/C14H18ClN3O2S/c1-4-7-16-14(21)18-17-13(19)10(3)20-12-6-5-11(15)8-9(12)2/h4-6,8,10H,1,7H2,2-3H3,(H,17,19)(H2,16,18,21). The van der Waals surface area contributed by atoms with Gasteiger partial charge in [0, 0.05) is 11.6 Å². The van der Waals surface area contributed by atoms with E-state index < -0.39 is 6.10 Å². The average Bonchev–Trinajstić information content (AvgIpc) is 2.45. The molecule has 3 N–H and O–H groups in total. The van der Waals surface area contributed by atoms with Gasteiger partial charge in [-0.2, -0.15) is 0 Å². The Hall–Kier alpha value is -1.79. The number of nitrogens with one attached hydrogen (secondary N) is 3. The molecule has 114 valence electrons. The molecule has 1 atom stereocenters. The molecule has 0 heterocycles. The number of aryl methyl sites for hydroxylation is 1. The first-order valence-corrected chi connectivity index (χ1v) is 7.10. The number of carbonyl (C=O) groups excluding carboxylic acids is 1. The van der Waals surface area contributed by atoms with Crippen molar-refractivity contribution in [2.75, 3.05) is 6.54 Å². The third-order valence-corrected chi connectivity index (χ3v) is 3.00. The lowest BCUT2D eigenvalue weighted by molar-refractivity contribution is -0.127. The van der Waals surface area contributed by atoms with Gasteiger partial charge in [-0.1, -0.05) is 17.7 Å². The minimum absolute atomic E-state index is 0.304. The molecule has 0 radical (unpaired) electrons. The fourth-order valence-electron chi connectivity index (χ4n) is 1.42. The van der Waals surface area contributed by atoms with Gasteiger partial charge in [0.2, 0.25) is 0 Å². The summed E-state index contributed by atoms with van der Waals surface area (Å²) in [5.74, 6) is 0.265. The summed E-state index contributed by atoms with van der Waals surface area (Å²) in [6, 6.07) is 5.21. The molecule has 7 heteroatoms. The number of hydrazine groups is 1. The molecule has 0 aliphatic heterocycles. The Balaban J connectivity index is 2.47. The Labute approximate surface area is 134 Å². The fourth-order valence-corrected chi connectivity index (χ4v) is 1.78. The second kappa shape index (κ2) is 8.49. The molecule has 1 rings (SSSR count). The molecule has 0 saturated carbocycles. The summed E-state index contributed by atoms with van der Waals surface area (Å²) in [5, 5.41) is 3.75. The van der Waals surface area contributed by atoms with Gasteiger partial charge in [0.25, 0.3) is 5.91 Å². The van der Waals surface area contributed by atoms with Crippen LogP contribution < -0.4 is 20.9 Å². The van der Waals surface area contributed by atoms with E-state index in [9.17, 15) is 4.79 Å². The topological polar surface area (TPSA) is 62.4 Å². The molecule has 0 bridgehead atoms. The highest BCUT2D eigenvalue weighted by Gasteiger charge is 2.15. The van der Waals surface area contributed by atoms with Crippen LogP contribution in [0.15, 0.2) is 30.9 Å². The first kappa shape index (κ1) is 17.3. The molecule has 0 fully saturated rings. The van der Waals surface area contributed by atoms with Gasteiger partial charge in [-0.15, -0.1) is 6.58 Å². The quantitative estimate of drug-likeness (QED) is 0.439. The fraction of sp³-hybridized carbons (Fsp3) is 0.286. The SMILES string of the molecule is C=CCNC(=S)NNC(=O)C(C)Oc1ccc(Cl)cc1C. The number of rotatable bonds is 5. The van der Waals surface area contributed by atoms with Crippen LogP contribution in [0.25, 0.3) is 0 Å². The zero-order chi connectivity index (χ0) is 15.8. The summed E-state index contributed by atoms with van der Waals surface area (Å²) >= 11 is 10.8. The lowest BCUT2D eigenvalue weighted by atomic mass is 10.2. The Morgan fingerprint density at radius 2 is 2.24 bits per heavy atom. The molecule has 0 spiro atoms. The van der Waals surface area contributed by atoms with E-state index >= 15 is 0 Å². The van der Waals surface area contributed by atoms with E-state index in [0.29, 0.717) is 22.4 Å². The molecular weight excluding hydrogens is 310 g/mol. The van der Waals surface area contributed by atoms with Crippen LogP contribution in [-0.2, 0) is 4.79 Å². The van der Waals surface area contributed by atoms with Crippen LogP contribution in [0.1, 0.15) is 12.5 Å². The highest BCUT2D eigenvalue weighted by Crippen LogP contribution is 2.22. The van der Waals surface area contributed by atoms with Crippen molar-refractivity contribution in [1.82, 2.24) is 16.2 Å². The van der Waals surface area contributed by atoms with Gasteiger partial charge in [0.05, 0.1) is 0 Å². The van der Waals surface area contributed by atoms with Crippen molar-refractivity contribution in [3.63, 3.8) is 0 Å². The van der Waals surface area contributed by atoms with Crippen LogP contribution >= 0.6 is 23.8 Å². The highest BCUT2D eigenvalue weighted by atomic mass is 35.5. The van der Waals surface area contributed by atoms with E-state index in [1.165, 1.54) is 0 Å². The van der Waals surface area contributed by atoms with Crippen LogP contribution in [0.4, 0.5) is 0 Å². The number of thiocarbonyl (C=S) groups is 1. The van der Waals surface area contributed by atoms with E-state index in [1.807, 2.05) is 6.92 Å². The number of ether oxygens (including phenoxy) is 1. The minimum Gasteiger partial charge on any atom is -0.481 e. The monoisotopic (exact) mass is 327 g/mol. The summed E-state index contributed by atoms with van der Waals surface area (Å²) < 4.78 is 5.58. The number of benzene rings is 1. The van der Waals surface area contributed by atoms with Crippen molar-refractivity contribution in [2.24, 2.45) is 0 Å². The van der Waals surface area contributed by atoms with Gasteiger partial charge in [-0.25, -0.2) is 0 Å². The highest BCUT2D eigenvalue weighted by molar-refractivity contribution is 7.80. The Morgan fingerprint density at radius 3 is 2.86 bits per heavy atom. The van der Waals surface area contributed by atoms with Crippen molar-refractivity contribution >= 4 is 34.8 Å². The maximum absolute atomic E-state index is 11.9. The third kappa shape index (κ3) is 6.01. The number of hydrogen-bond acceptors (Lipinski definition) is 3. The Bertz CT molecular complexity index is 537. The number of carbonyl (C=O) groups is 1. The molecular formula is C14H18ClN3O2S. The van der Waals surface area contributed by atoms with E-state index in [1.54, 1.807) is 31.2 Å². The third-order valence-electron chi connectivity index (χ3n) is 2.52. The smallest absolute Gasteiger partial charge is 0.279 e. The van der Waals surface area contributed by atoms with Gasteiger partial charge >= 0.3 is 0 Å². The van der Waals surface area contributed by atoms with Crippen molar-refractivity contribution in [3.05, 3.63) is 41.4 Å². The van der Waals surface area contributed by atoms with E-state index in [4.69, 9.17) is 28.6 Å². The van der Waals surface area contributed by atoms with Crippen LogP contribution in [0.2, 0.25) is 5.02 Å². The number of halogens is 1. The largest absolute Gasteiger partial charge is 0.481 e. The molecule has 1 aromatic carbocycles. The van der Waals surface area contributed by atoms with Crippen LogP contribution in [-0.4, -0.2) is 23.7 Å². The van der Waals surface area contributed by atoms with E-state index in [2.05, 4.69) is 22.7 Å². The predicted octanol–water partition coefficient (Wildman–Crippen LogP) is 2.10. The minimum atomic E-state index is -0.681. The maximum Gasteiger partial charge on any atom is 0.279 e. The van der Waals surface area contributed by atoms with Crippen LogP contribution in [0, 0.1) is 6.92 Å². The van der Waals surface area contributed by atoms with E-state index in [-0.39, 0.29) is 5.91 Å². The maximum atomic E-state index is 11.9. The van der Waals surface area contributed by atoms with Crippen LogP contribution in [0.5, 0.6) is 5.75 Å². The normalized spacial score (nSPS) is 11.2. The van der Waals surface area contributed by atoms with E-state index in [0.717, 1.165) is 5.56 Å². The number of amides is 1. The zero-order valence-corrected chi connectivity index (χ0v) is 13.5. The lowest BCUT2D eigenvalue weighted by Gasteiger charge is -2.17. The molecule has 0 aromatic heterocycles. The van der Waals surface area contributed by atoms with Crippen molar-refractivity contribution in [1.29, 1.82) is 0 Å². The zero-order valence-electron chi connectivity index (χ0n) is 11.9. The predicted molar refractivity (Wildman–Crippen MR) is 88.4 cm³/mol. The summed E-state index contributed by atoms with van der Waals surface area (Å²) in [7, 11) is 0. The Kier molecular flexibility index (Phi) is 6.98. The van der Waals surface area contributed by atoms with Crippen molar-refractivity contribution in [2.45, 2.75) is 20.0 Å². The van der Waals surface area contributed by atoms with Gasteiger partial charge < -0.3 is 10.1 Å². The molecule has 21 heavy (non-hydrogen) atoms. The Morgan fingerprint density at radius 1 is 1.52 bits per heavy atom. The lowest BCUT2D eigenvalue weighted by Crippen LogP contribution is -2.50. The summed E-state index contributed by atoms with van der Waals surface area (Å²) in [6.45, 7) is 7.57. The average molecular weight is 328 g/mol. The molecule has 1 aromatic rings. The van der Waals surface area contributed by atoms with Gasteiger partial charge in [0.1, 0.15) is 5.75 Å². The molecule has 0 aliphatic carbocycles.